The second-order valence-electron chi connectivity index (χ2n) is 6.31. The molecular formula is C24H26N4O2. The van der Waals surface area contributed by atoms with Gasteiger partial charge in [-0.2, -0.15) is 4.98 Å². The molecule has 2 aromatic carbocycles. The van der Waals surface area contributed by atoms with Crippen molar-refractivity contribution >= 4 is 5.69 Å². The third-order valence-corrected chi connectivity index (χ3v) is 4.02. The van der Waals surface area contributed by atoms with Crippen LogP contribution in [0.5, 0.6) is 5.75 Å². The van der Waals surface area contributed by atoms with E-state index in [0.29, 0.717) is 0 Å². The molecule has 1 heterocycles. The first-order valence-corrected chi connectivity index (χ1v) is 8.87. The lowest BCUT2D eigenvalue weighted by atomic mass is 10.0. The van der Waals surface area contributed by atoms with Crippen LogP contribution in [0.15, 0.2) is 40.8 Å². The highest BCUT2D eigenvalue weighted by Gasteiger charge is 2.26. The Morgan fingerprint density at radius 1 is 1.50 bits per heavy atom. The molecule has 0 aliphatic heterocycles. The number of nitrogens with one attached hydrogen (secondary N) is 1. The van der Waals surface area contributed by atoms with Gasteiger partial charge in [0.05, 0.1) is 22.2 Å². The lowest BCUT2D eigenvalue weighted by Gasteiger charge is -2.13. The normalized spacial score (nSPS) is 27.4. The van der Waals surface area contributed by atoms with E-state index in [1.54, 1.807) is 0 Å². The van der Waals surface area contributed by atoms with Crippen LogP contribution < -0.4 is 10.1 Å². The largest absolute Gasteiger partial charge is 0.502 e. The molecule has 0 bridgehead atoms. The quantitative estimate of drug-likeness (QED) is 0.498. The van der Waals surface area contributed by atoms with Crippen molar-refractivity contribution in [2.75, 3.05) is 6.50 Å². The molecule has 1 aliphatic carbocycles. The molecule has 6 heteroatoms. The van der Waals surface area contributed by atoms with Gasteiger partial charge in [0.2, 0.25) is 11.5 Å². The molecule has 154 valence electrons. The lowest BCUT2D eigenvalue weighted by molar-refractivity contribution is 0.244. The first kappa shape index (κ1) is 9.32. The van der Waals surface area contributed by atoms with Gasteiger partial charge in [0.15, 0.2) is 0 Å². The Balaban J connectivity index is 1.95. The van der Waals surface area contributed by atoms with E-state index in [2.05, 4.69) is 20.3 Å². The molecule has 1 N–H and O–H groups in total. The van der Waals surface area contributed by atoms with Crippen molar-refractivity contribution in [3.63, 3.8) is 0 Å². The molecule has 6 nitrogen and oxygen atoms in total. The molecule has 1 aliphatic rings. The summed E-state index contributed by atoms with van der Waals surface area (Å²) in [5.41, 5.74) is -2.03. The van der Waals surface area contributed by atoms with Gasteiger partial charge in [-0.05, 0) is 68.8 Å². The minimum absolute atomic E-state index is 0.204. The molecule has 0 spiro atoms. The Bertz CT molecular complexity index is 1720. The summed E-state index contributed by atoms with van der Waals surface area (Å²) < 4.78 is 127. The monoisotopic (exact) mass is 416 g/mol. The third kappa shape index (κ3) is 3.94. The molecule has 1 aromatic heterocycles. The van der Waals surface area contributed by atoms with E-state index in [9.17, 15) is 0 Å². The van der Waals surface area contributed by atoms with Crippen molar-refractivity contribution in [1.29, 1.82) is 0 Å². The Kier molecular flexibility index (Phi) is 2.70. The van der Waals surface area contributed by atoms with Crippen molar-refractivity contribution in [2.24, 2.45) is 0 Å². The number of rotatable bonds is 7. The maximum atomic E-state index is 8.97. The van der Waals surface area contributed by atoms with E-state index in [1.807, 2.05) is 0 Å². The number of ether oxygens (including phenoxy) is 1. The van der Waals surface area contributed by atoms with E-state index >= 15 is 0 Å². The predicted molar refractivity (Wildman–Crippen MR) is 117 cm³/mol. The topological polar surface area (TPSA) is 64.5 Å². The third-order valence-electron chi connectivity index (χ3n) is 4.02. The zero-order valence-electron chi connectivity index (χ0n) is 30.4. The number of hydrogen-bond acceptors (Lipinski definition) is 5. The highest BCUT2D eigenvalue weighted by Crippen LogP contribution is 2.38. The highest BCUT2D eigenvalue weighted by molar-refractivity contribution is 5.70. The van der Waals surface area contributed by atoms with Gasteiger partial charge in [-0.3, -0.25) is 0 Å². The molecule has 0 radical (unpaired) electrons. The summed E-state index contributed by atoms with van der Waals surface area (Å²) in [5.74, 6) is -1.48. The fourth-order valence-corrected chi connectivity index (χ4v) is 2.79. The second-order valence-corrected chi connectivity index (χ2v) is 6.31. The molecule has 3 aromatic rings. The maximum absolute atomic E-state index is 8.97. The van der Waals surface area contributed by atoms with Crippen LogP contribution in [0.25, 0.3) is 27.7 Å². The van der Waals surface area contributed by atoms with Crippen LogP contribution in [0.3, 0.4) is 0 Å². The summed E-state index contributed by atoms with van der Waals surface area (Å²) >= 11 is 0. The average molecular weight is 417 g/mol. The van der Waals surface area contributed by atoms with E-state index < -0.39 is 108 Å². The Morgan fingerprint density at radius 2 is 2.37 bits per heavy atom. The number of fused-ring (bicyclic) bond motifs is 1. The molecule has 0 fully saturated rings. The van der Waals surface area contributed by atoms with E-state index in [4.69, 9.17) is 35.0 Å². The SMILES string of the molecule is [2H]c1c([2H])c(-c2noc(-c3c([2H])c([2H])c(OC([2H])(C)C)c([N+]#[C-])c3[2H])n2)c2c(c1[2H])[C@@]([2H])(NC([2H])([2H])C([2H])([2H])C)C([2H])([2H])C2. The van der Waals surface area contributed by atoms with Gasteiger partial charge in [-0.1, -0.05) is 30.2 Å². The van der Waals surface area contributed by atoms with Gasteiger partial charge in [0.25, 0.3) is 5.89 Å². The van der Waals surface area contributed by atoms with Gasteiger partial charge in [-0.15, -0.1) is 0 Å². The number of benzene rings is 2. The van der Waals surface area contributed by atoms with E-state index in [-0.39, 0.29) is 11.1 Å². The first-order chi connectivity index (χ1) is 19.9. The van der Waals surface area contributed by atoms with Crippen molar-refractivity contribution in [3.05, 3.63) is 58.8 Å². The summed E-state index contributed by atoms with van der Waals surface area (Å²) in [7, 11) is 0. The zero-order chi connectivity index (χ0) is 33.5. The van der Waals surface area contributed by atoms with Crippen molar-refractivity contribution in [2.45, 2.75) is 52.0 Å². The average Bonchev–Trinajstić information content (AvgIpc) is 3.40. The first-order valence-electron chi connectivity index (χ1n) is 15.9. The molecule has 0 amide bonds. The van der Waals surface area contributed by atoms with Crippen molar-refractivity contribution < 1.29 is 28.5 Å². The maximum Gasteiger partial charge on any atom is 0.256 e. The summed E-state index contributed by atoms with van der Waals surface area (Å²) in [5, 5.41) is 5.84. The number of nitrogens with zero attached hydrogens (tertiary/aromatic N) is 3. The molecule has 30 heavy (non-hydrogen) atoms. The van der Waals surface area contributed by atoms with Crippen molar-refractivity contribution in [1.82, 2.24) is 15.5 Å². The molecule has 4 rings (SSSR count). The van der Waals surface area contributed by atoms with Gasteiger partial charge in [-0.25, -0.2) is 4.85 Å². The molecule has 0 saturated heterocycles. The van der Waals surface area contributed by atoms with Crippen LogP contribution in [0, 0.1) is 6.57 Å². The van der Waals surface area contributed by atoms with Crippen LogP contribution in [-0.4, -0.2) is 22.7 Å². The minimum atomic E-state index is -2.98. The summed E-state index contributed by atoms with van der Waals surface area (Å²) in [4.78, 5) is 7.35. The Labute approximate surface area is 196 Å². The standard InChI is InChI=1S/C24H26N4O2/c1-5-13-26-20-11-10-17-18(20)7-6-8-19(17)23-27-24(30-28-23)16-9-12-22(29-15(2)3)21(14-16)25-4/h6-9,12,14-15,20,26H,5,10-11,13H2,1-3H3/t20-/m0/s1/i5D2,6D,7D,8D,9D,11D2,12D,13D2,14D,15D,20D. The van der Waals surface area contributed by atoms with Crippen LogP contribution in [0.4, 0.5) is 5.69 Å². The molecule has 0 saturated carbocycles. The lowest BCUT2D eigenvalue weighted by Crippen LogP contribution is -2.19. The van der Waals surface area contributed by atoms with Crippen LogP contribution in [-0.2, 0) is 6.42 Å². The Morgan fingerprint density at radius 3 is 3.13 bits per heavy atom. The molecule has 1 atom stereocenters. The van der Waals surface area contributed by atoms with Gasteiger partial charge < -0.3 is 14.6 Å². The van der Waals surface area contributed by atoms with E-state index in [0.717, 1.165) is 6.92 Å². The number of hydrogen-bond donors (Lipinski definition) is 1. The van der Waals surface area contributed by atoms with Crippen LogP contribution >= 0.6 is 0 Å². The van der Waals surface area contributed by atoms with E-state index in [1.165, 1.54) is 13.8 Å². The number of aromatic nitrogens is 2. The second kappa shape index (κ2) is 8.68. The Hall–Kier alpha value is -3.17. The molecular weight excluding hydrogens is 376 g/mol. The summed E-state index contributed by atoms with van der Waals surface area (Å²) in [6, 6.07) is -6.92. The predicted octanol–water partition coefficient (Wildman–Crippen LogP) is 5.73. The van der Waals surface area contributed by atoms with Gasteiger partial charge in [0.1, 0.15) is 5.75 Å². The minimum Gasteiger partial charge on any atom is -0.502 e. The summed E-state index contributed by atoms with van der Waals surface area (Å²) in [6.45, 7) is 8.09. The fraction of sp³-hybridized carbons (Fsp3) is 0.375. The smallest absolute Gasteiger partial charge is 0.256 e. The van der Waals surface area contributed by atoms with Gasteiger partial charge >= 0.3 is 0 Å². The van der Waals surface area contributed by atoms with Crippen molar-refractivity contribution in [3.8, 4) is 28.6 Å². The van der Waals surface area contributed by atoms with Crippen LogP contribution in [0.1, 0.15) is 69.9 Å². The zero-order valence-corrected chi connectivity index (χ0v) is 16.4. The van der Waals surface area contributed by atoms with Gasteiger partial charge in [0, 0.05) is 26.7 Å². The summed E-state index contributed by atoms with van der Waals surface area (Å²) in [6.07, 6.45) is -7.60. The van der Waals surface area contributed by atoms with Crippen LogP contribution in [0.2, 0.25) is 0 Å². The highest BCUT2D eigenvalue weighted by atomic mass is 16.5. The molecule has 0 unspecified atom stereocenters. The fourth-order valence-electron chi connectivity index (χ4n) is 2.79.